The molecule has 4 aliphatic rings. The first-order valence-electron chi connectivity index (χ1n) is 14.6. The maximum atomic E-state index is 13.9. The van der Waals surface area contributed by atoms with E-state index in [1.165, 1.54) is 6.20 Å². The number of nitrogens with one attached hydrogen (secondary N) is 5. The van der Waals surface area contributed by atoms with Gasteiger partial charge in [-0.3, -0.25) is 10.3 Å². The number of para-hydroxylation sites is 1. The zero-order chi connectivity index (χ0) is 30.2. The van der Waals surface area contributed by atoms with Crippen molar-refractivity contribution in [3.8, 4) is 0 Å². The molecule has 0 saturated carbocycles. The topological polar surface area (TPSA) is 137 Å². The molecule has 0 amide bonds. The van der Waals surface area contributed by atoms with Gasteiger partial charge < -0.3 is 34.9 Å². The second kappa shape index (κ2) is 11.4. The molecule has 7 rings (SSSR count). The van der Waals surface area contributed by atoms with Crippen molar-refractivity contribution in [3.05, 3.63) is 83.3 Å². The molecular formula is C30H38FN9O3. The molecule has 1 aromatic carbocycles. The Hall–Kier alpha value is -4.36. The predicted molar refractivity (Wildman–Crippen MR) is 160 cm³/mol. The Kier molecular flexibility index (Phi) is 7.61. The lowest BCUT2D eigenvalue weighted by molar-refractivity contribution is 0.151. The minimum atomic E-state index is -1.20. The molecule has 12 nitrogen and oxygen atoms in total. The lowest BCUT2D eigenvalue weighted by Gasteiger charge is -2.45. The minimum absolute atomic E-state index is 0.171. The maximum Gasteiger partial charge on any atom is 0.252 e. The average Bonchev–Trinajstić information content (AvgIpc) is 3.80. The van der Waals surface area contributed by atoms with Gasteiger partial charge in [0.15, 0.2) is 6.73 Å². The monoisotopic (exact) mass is 591 g/mol. The molecule has 13 heteroatoms. The van der Waals surface area contributed by atoms with Crippen LogP contribution in [0.3, 0.4) is 0 Å². The molecular weight excluding hydrogens is 553 g/mol. The first kappa shape index (κ1) is 28.7. The van der Waals surface area contributed by atoms with Gasteiger partial charge in [0.05, 0.1) is 23.5 Å². The normalized spacial score (nSPS) is 27.9. The summed E-state index contributed by atoms with van der Waals surface area (Å²) in [5.41, 5.74) is 1.96. The molecule has 0 spiro atoms. The molecule has 0 bridgehead atoms. The van der Waals surface area contributed by atoms with Crippen molar-refractivity contribution < 1.29 is 18.4 Å². The molecule has 2 aromatic heterocycles. The van der Waals surface area contributed by atoms with Crippen LogP contribution in [0.2, 0.25) is 0 Å². The number of allylic oxidation sites excluding steroid dienone is 2. The van der Waals surface area contributed by atoms with Crippen molar-refractivity contribution in [1.29, 1.82) is 0 Å². The van der Waals surface area contributed by atoms with Crippen molar-refractivity contribution in [2.24, 2.45) is 5.10 Å². The fraction of sp³-hybridized carbons (Fsp3) is 0.433. The van der Waals surface area contributed by atoms with Crippen LogP contribution in [0.25, 0.3) is 10.9 Å². The van der Waals surface area contributed by atoms with Crippen molar-refractivity contribution in [1.82, 2.24) is 41.4 Å². The highest BCUT2D eigenvalue weighted by Crippen LogP contribution is 2.43. The first-order chi connectivity index (χ1) is 20.9. The number of rotatable bonds is 6. The van der Waals surface area contributed by atoms with E-state index in [-0.39, 0.29) is 37.7 Å². The number of ether oxygens (including phenoxy) is 2. The highest BCUT2D eigenvalue weighted by Gasteiger charge is 2.57. The molecule has 0 fully saturated rings. The van der Waals surface area contributed by atoms with E-state index in [1.807, 2.05) is 57.4 Å². The van der Waals surface area contributed by atoms with Gasteiger partial charge in [-0.05, 0) is 25.0 Å². The Morgan fingerprint density at radius 2 is 2.05 bits per heavy atom. The average molecular weight is 592 g/mol. The van der Waals surface area contributed by atoms with Crippen LogP contribution in [0, 0.1) is 0 Å². The SMILES string of the molecule is CC.COCc1nc(C2(C3=NN(C)CO3)N[C@@H](C3(C)NC=C(C4C=CCC(F)=CN4)N3)Cc3c2[nH]c2ccccc32)no1. The van der Waals surface area contributed by atoms with Gasteiger partial charge in [-0.2, -0.15) is 4.98 Å². The highest BCUT2D eigenvalue weighted by atomic mass is 19.1. The predicted octanol–water partition coefficient (Wildman–Crippen LogP) is 3.19. The van der Waals surface area contributed by atoms with Crippen LogP contribution < -0.4 is 21.3 Å². The highest BCUT2D eigenvalue weighted by molar-refractivity contribution is 5.95. The third-order valence-corrected chi connectivity index (χ3v) is 8.05. The minimum Gasteiger partial charge on any atom is -0.455 e. The Bertz CT molecular complexity index is 1610. The van der Waals surface area contributed by atoms with Gasteiger partial charge in [0.2, 0.25) is 17.3 Å². The number of aromatic amines is 1. The van der Waals surface area contributed by atoms with Gasteiger partial charge >= 0.3 is 0 Å². The van der Waals surface area contributed by atoms with E-state index in [4.69, 9.17) is 24.1 Å². The summed E-state index contributed by atoms with van der Waals surface area (Å²) in [5, 5.41) is 26.2. The number of benzene rings is 1. The fourth-order valence-corrected chi connectivity index (χ4v) is 6.01. The van der Waals surface area contributed by atoms with Crippen LogP contribution in [0.4, 0.5) is 4.39 Å². The van der Waals surface area contributed by atoms with Crippen LogP contribution in [0.1, 0.15) is 50.2 Å². The van der Waals surface area contributed by atoms with Gasteiger partial charge in [0.1, 0.15) is 18.1 Å². The second-order valence-electron chi connectivity index (χ2n) is 10.9. The van der Waals surface area contributed by atoms with Crippen molar-refractivity contribution >= 4 is 16.8 Å². The summed E-state index contributed by atoms with van der Waals surface area (Å²) in [7, 11) is 3.43. The van der Waals surface area contributed by atoms with Crippen molar-refractivity contribution in [2.75, 3.05) is 20.9 Å². The van der Waals surface area contributed by atoms with Crippen LogP contribution in [0.5, 0.6) is 0 Å². The van der Waals surface area contributed by atoms with Crippen LogP contribution in [-0.4, -0.2) is 64.7 Å². The summed E-state index contributed by atoms with van der Waals surface area (Å²) in [5.74, 6) is 0.902. The number of hydrogen-bond donors (Lipinski definition) is 5. The Morgan fingerprint density at radius 3 is 2.84 bits per heavy atom. The van der Waals surface area contributed by atoms with Crippen LogP contribution >= 0.6 is 0 Å². The summed E-state index contributed by atoms with van der Waals surface area (Å²) in [6.45, 7) is 6.54. The number of halogens is 1. The number of hydrazone groups is 1. The van der Waals surface area contributed by atoms with E-state index >= 15 is 0 Å². The van der Waals surface area contributed by atoms with Crippen molar-refractivity contribution in [3.63, 3.8) is 0 Å². The molecule has 0 saturated heterocycles. The second-order valence-corrected chi connectivity index (χ2v) is 10.9. The number of nitrogens with zero attached hydrogens (tertiary/aromatic N) is 4. The maximum absolute atomic E-state index is 13.9. The van der Waals surface area contributed by atoms with Gasteiger partial charge in [-0.1, -0.05) is 49.4 Å². The van der Waals surface area contributed by atoms with Crippen LogP contribution in [0.15, 0.2) is 70.0 Å². The largest absolute Gasteiger partial charge is 0.455 e. The lowest BCUT2D eigenvalue weighted by atomic mass is 9.79. The molecule has 3 unspecified atom stereocenters. The Morgan fingerprint density at radius 1 is 1.21 bits per heavy atom. The first-order valence-corrected chi connectivity index (χ1v) is 14.6. The van der Waals surface area contributed by atoms with Gasteiger partial charge in [-0.25, -0.2) is 4.39 Å². The van der Waals surface area contributed by atoms with Gasteiger partial charge in [0, 0.05) is 43.9 Å². The molecule has 228 valence electrons. The standard InChI is InChI=1S/C28H32FN9O3.C2H6/c1-27(31-13-21(34-27)20-10-6-7-16(29)12-30-20)22-11-18-17-8-4-5-9-19(17)32-24(18)28(35-22,26-36-38(2)15-40-26)25-33-23(14-39-3)41-37-25;1-2/h4-6,8-10,12-13,20,22,30-32,34-35H,7,11,14-15H2,1-3H3;1-2H3/t20?,22-,27?,28?;/m1./s1. The molecule has 5 N–H and O–H groups in total. The molecule has 0 aliphatic carbocycles. The Balaban J connectivity index is 0.00000161. The quantitative estimate of drug-likeness (QED) is 0.272. The van der Waals surface area contributed by atoms with E-state index in [0.717, 1.165) is 27.9 Å². The number of H-pyrrole nitrogens is 1. The summed E-state index contributed by atoms with van der Waals surface area (Å²) in [6, 6.07) is 7.75. The van der Waals surface area contributed by atoms with Crippen LogP contribution in [-0.2, 0) is 28.0 Å². The van der Waals surface area contributed by atoms with Gasteiger partial charge in [0.25, 0.3) is 5.89 Å². The molecule has 43 heavy (non-hydrogen) atoms. The summed E-state index contributed by atoms with van der Waals surface area (Å²) < 4.78 is 30.9. The van der Waals surface area contributed by atoms with E-state index in [0.29, 0.717) is 24.0 Å². The third-order valence-electron chi connectivity index (χ3n) is 8.05. The molecule has 3 aromatic rings. The van der Waals surface area contributed by atoms with E-state index < -0.39 is 11.2 Å². The summed E-state index contributed by atoms with van der Waals surface area (Å²) >= 11 is 0. The molecule has 0 radical (unpaired) electrons. The van der Waals surface area contributed by atoms with Gasteiger partial charge in [-0.15, -0.1) is 5.10 Å². The number of methoxy groups -OCH3 is 1. The fourth-order valence-electron chi connectivity index (χ4n) is 6.01. The number of aromatic nitrogens is 3. The summed E-state index contributed by atoms with van der Waals surface area (Å²) in [6.07, 6.45) is 8.08. The van der Waals surface area contributed by atoms with E-state index in [1.54, 1.807) is 12.1 Å². The molecule has 6 heterocycles. The number of hydrogen-bond acceptors (Lipinski definition) is 11. The Labute approximate surface area is 249 Å². The summed E-state index contributed by atoms with van der Waals surface area (Å²) in [4.78, 5) is 8.37. The smallest absolute Gasteiger partial charge is 0.252 e. The number of fused-ring (bicyclic) bond motifs is 3. The van der Waals surface area contributed by atoms with E-state index in [2.05, 4.69) is 44.4 Å². The van der Waals surface area contributed by atoms with E-state index in [9.17, 15) is 4.39 Å². The molecule has 4 aliphatic heterocycles. The zero-order valence-corrected chi connectivity index (χ0v) is 25.0. The zero-order valence-electron chi connectivity index (χ0n) is 25.0. The lowest BCUT2D eigenvalue weighted by Crippen LogP contribution is -2.70. The third kappa shape index (κ3) is 4.91. The molecule has 4 atom stereocenters. The van der Waals surface area contributed by atoms with Crippen molar-refractivity contribution in [2.45, 2.75) is 63.5 Å².